The van der Waals surface area contributed by atoms with E-state index in [9.17, 15) is 9.59 Å². The molecule has 6 heteroatoms. The molecule has 0 unspecified atom stereocenters. The molecular weight excluding hydrogens is 270 g/mol. The molecule has 1 aliphatic rings. The molecule has 2 aromatic rings. The summed E-state index contributed by atoms with van der Waals surface area (Å²) < 4.78 is 6.15. The van der Waals surface area contributed by atoms with E-state index in [1.807, 2.05) is 18.2 Å². The highest BCUT2D eigenvalue weighted by Crippen LogP contribution is 2.17. The van der Waals surface area contributed by atoms with Gasteiger partial charge in [0.1, 0.15) is 6.54 Å². The number of benzene rings is 1. The summed E-state index contributed by atoms with van der Waals surface area (Å²) in [5, 5.41) is 6.99. The molecule has 3 rings (SSSR count). The van der Waals surface area contributed by atoms with Crippen molar-refractivity contribution in [2.45, 2.75) is 38.3 Å². The normalized spacial score (nSPS) is 15.2. The monoisotopic (exact) mass is 287 g/mol. The van der Waals surface area contributed by atoms with E-state index in [1.54, 1.807) is 12.1 Å². The zero-order valence-electron chi connectivity index (χ0n) is 11.6. The lowest BCUT2D eigenvalue weighted by atomic mass is 10.2. The zero-order chi connectivity index (χ0) is 14.7. The fourth-order valence-corrected chi connectivity index (χ4v) is 2.58. The van der Waals surface area contributed by atoms with Crippen molar-refractivity contribution >= 4 is 5.91 Å². The zero-order valence-corrected chi connectivity index (χ0v) is 11.6. The molecule has 0 radical (unpaired) electrons. The molecule has 1 aliphatic carbocycles. The van der Waals surface area contributed by atoms with E-state index in [0.29, 0.717) is 5.56 Å². The SMILES string of the molecule is O=C(Cn1nc(-c2ccccc2)oc1=O)NC1CCCC1. The van der Waals surface area contributed by atoms with Gasteiger partial charge in [0.15, 0.2) is 0 Å². The fraction of sp³-hybridized carbons (Fsp3) is 0.400. The van der Waals surface area contributed by atoms with Gasteiger partial charge in [-0.25, -0.2) is 4.79 Å². The molecular formula is C15H17N3O3. The second-order valence-electron chi connectivity index (χ2n) is 5.25. The van der Waals surface area contributed by atoms with Crippen LogP contribution in [0.4, 0.5) is 0 Å². The van der Waals surface area contributed by atoms with E-state index < -0.39 is 5.76 Å². The topological polar surface area (TPSA) is 77.1 Å². The quantitative estimate of drug-likeness (QED) is 0.925. The van der Waals surface area contributed by atoms with Gasteiger partial charge in [-0.15, -0.1) is 5.10 Å². The third kappa shape index (κ3) is 3.21. The molecule has 0 saturated heterocycles. The van der Waals surface area contributed by atoms with Crippen LogP contribution in [0.3, 0.4) is 0 Å². The van der Waals surface area contributed by atoms with Crippen LogP contribution in [0, 0.1) is 0 Å². The van der Waals surface area contributed by atoms with E-state index in [2.05, 4.69) is 10.4 Å². The fourth-order valence-electron chi connectivity index (χ4n) is 2.58. The summed E-state index contributed by atoms with van der Waals surface area (Å²) in [6, 6.07) is 9.37. The summed E-state index contributed by atoms with van der Waals surface area (Å²) in [5.41, 5.74) is 0.713. The molecule has 1 heterocycles. The van der Waals surface area contributed by atoms with E-state index in [-0.39, 0.29) is 24.4 Å². The van der Waals surface area contributed by atoms with Crippen LogP contribution in [0.1, 0.15) is 25.7 Å². The van der Waals surface area contributed by atoms with Gasteiger partial charge in [0.25, 0.3) is 0 Å². The minimum absolute atomic E-state index is 0.105. The summed E-state index contributed by atoms with van der Waals surface area (Å²) in [7, 11) is 0. The van der Waals surface area contributed by atoms with Gasteiger partial charge in [-0.05, 0) is 25.0 Å². The molecule has 1 saturated carbocycles. The number of amides is 1. The minimum atomic E-state index is -0.615. The van der Waals surface area contributed by atoms with E-state index in [1.165, 1.54) is 0 Å². The Bertz CT molecular complexity index is 669. The lowest BCUT2D eigenvalue weighted by molar-refractivity contribution is -0.122. The first-order valence-corrected chi connectivity index (χ1v) is 7.15. The van der Waals surface area contributed by atoms with Crippen molar-refractivity contribution in [1.29, 1.82) is 0 Å². The van der Waals surface area contributed by atoms with Gasteiger partial charge in [0, 0.05) is 11.6 Å². The highest BCUT2D eigenvalue weighted by molar-refractivity contribution is 5.76. The molecule has 1 amide bonds. The predicted molar refractivity (Wildman–Crippen MR) is 76.6 cm³/mol. The third-order valence-electron chi connectivity index (χ3n) is 3.64. The molecule has 0 spiro atoms. The van der Waals surface area contributed by atoms with Crippen molar-refractivity contribution in [3.63, 3.8) is 0 Å². The van der Waals surface area contributed by atoms with Gasteiger partial charge in [-0.2, -0.15) is 4.68 Å². The molecule has 0 aliphatic heterocycles. The van der Waals surface area contributed by atoms with Crippen molar-refractivity contribution in [3.05, 3.63) is 40.9 Å². The first-order chi connectivity index (χ1) is 10.2. The summed E-state index contributed by atoms with van der Waals surface area (Å²) in [4.78, 5) is 23.7. The van der Waals surface area contributed by atoms with Gasteiger partial charge >= 0.3 is 5.76 Å². The first kappa shape index (κ1) is 13.6. The predicted octanol–water partition coefficient (Wildman–Crippen LogP) is 1.56. The molecule has 1 N–H and O–H groups in total. The van der Waals surface area contributed by atoms with E-state index in [0.717, 1.165) is 30.4 Å². The van der Waals surface area contributed by atoms with Crippen LogP contribution in [-0.4, -0.2) is 21.7 Å². The standard InChI is InChI=1S/C15H17N3O3/c19-13(16-12-8-4-5-9-12)10-18-15(20)21-14(17-18)11-6-2-1-3-7-11/h1-3,6-7,12H,4-5,8-10H2,(H,16,19). The molecule has 1 aromatic heterocycles. The molecule has 21 heavy (non-hydrogen) atoms. The Morgan fingerprint density at radius 1 is 1.29 bits per heavy atom. The number of hydrogen-bond acceptors (Lipinski definition) is 4. The number of nitrogens with zero attached hydrogens (tertiary/aromatic N) is 2. The molecule has 0 bridgehead atoms. The van der Waals surface area contributed by atoms with Gasteiger partial charge in [-0.1, -0.05) is 31.0 Å². The highest BCUT2D eigenvalue weighted by Gasteiger charge is 2.19. The largest absolute Gasteiger partial charge is 0.437 e. The number of aromatic nitrogens is 2. The molecule has 1 aromatic carbocycles. The number of carbonyl (C=O) groups is 1. The summed E-state index contributed by atoms with van der Waals surface area (Å²) in [5.74, 6) is -0.582. The third-order valence-corrected chi connectivity index (χ3v) is 3.64. The van der Waals surface area contributed by atoms with Gasteiger partial charge in [-0.3, -0.25) is 4.79 Å². The number of carbonyl (C=O) groups excluding carboxylic acids is 1. The molecule has 0 atom stereocenters. The Morgan fingerprint density at radius 2 is 2.00 bits per heavy atom. The second-order valence-corrected chi connectivity index (χ2v) is 5.25. The van der Waals surface area contributed by atoms with Crippen molar-refractivity contribution in [1.82, 2.24) is 15.1 Å². The van der Waals surface area contributed by atoms with Crippen LogP contribution >= 0.6 is 0 Å². The van der Waals surface area contributed by atoms with Crippen molar-refractivity contribution in [2.75, 3.05) is 0 Å². The molecule has 110 valence electrons. The van der Waals surface area contributed by atoms with Crippen molar-refractivity contribution < 1.29 is 9.21 Å². The highest BCUT2D eigenvalue weighted by atomic mass is 16.4. The van der Waals surface area contributed by atoms with Gasteiger partial charge in [0.05, 0.1) is 0 Å². The Morgan fingerprint density at radius 3 is 2.71 bits per heavy atom. The van der Waals surface area contributed by atoms with Gasteiger partial charge < -0.3 is 9.73 Å². The number of rotatable bonds is 4. The van der Waals surface area contributed by atoms with E-state index >= 15 is 0 Å². The maximum atomic E-state index is 11.9. The van der Waals surface area contributed by atoms with Crippen LogP contribution in [0.5, 0.6) is 0 Å². The summed E-state index contributed by atoms with van der Waals surface area (Å²) in [6.07, 6.45) is 4.31. The first-order valence-electron chi connectivity index (χ1n) is 7.15. The van der Waals surface area contributed by atoms with Crippen LogP contribution in [0.25, 0.3) is 11.5 Å². The van der Waals surface area contributed by atoms with Crippen molar-refractivity contribution in [3.8, 4) is 11.5 Å². The number of nitrogens with one attached hydrogen (secondary N) is 1. The van der Waals surface area contributed by atoms with Crippen molar-refractivity contribution in [2.24, 2.45) is 0 Å². The van der Waals surface area contributed by atoms with Crippen LogP contribution in [0.15, 0.2) is 39.5 Å². The average Bonchev–Trinajstić information content (AvgIpc) is 3.11. The summed E-state index contributed by atoms with van der Waals surface area (Å²) in [6.45, 7) is -0.105. The van der Waals surface area contributed by atoms with Crippen LogP contribution in [0.2, 0.25) is 0 Å². The Balaban J connectivity index is 1.70. The lowest BCUT2D eigenvalue weighted by Crippen LogP contribution is -2.37. The second kappa shape index (κ2) is 5.95. The Kier molecular flexibility index (Phi) is 3.85. The maximum absolute atomic E-state index is 11.9. The average molecular weight is 287 g/mol. The van der Waals surface area contributed by atoms with Crippen LogP contribution < -0.4 is 11.1 Å². The van der Waals surface area contributed by atoms with Crippen LogP contribution in [-0.2, 0) is 11.3 Å². The van der Waals surface area contributed by atoms with E-state index in [4.69, 9.17) is 4.42 Å². The Labute approximate surface area is 121 Å². The molecule has 1 fully saturated rings. The minimum Gasteiger partial charge on any atom is -0.388 e. The molecule has 6 nitrogen and oxygen atoms in total. The summed E-state index contributed by atoms with van der Waals surface area (Å²) >= 11 is 0. The lowest BCUT2D eigenvalue weighted by Gasteiger charge is -2.10. The van der Waals surface area contributed by atoms with Gasteiger partial charge in [0.2, 0.25) is 11.8 Å². The number of hydrogen-bond donors (Lipinski definition) is 1. The maximum Gasteiger partial charge on any atom is 0.437 e. The Hall–Kier alpha value is -2.37. The smallest absolute Gasteiger partial charge is 0.388 e.